The summed E-state index contributed by atoms with van der Waals surface area (Å²) in [5.74, 6) is 0. The third kappa shape index (κ3) is 6.11. The van der Waals surface area contributed by atoms with Crippen molar-refractivity contribution in [3.8, 4) is 0 Å². The van der Waals surface area contributed by atoms with E-state index in [2.05, 4.69) is 193 Å². The molecule has 0 amide bonds. The Balaban J connectivity index is 1.32. The minimum Gasteiger partial charge on any atom is -0.468 e. The molecule has 4 aromatic carbocycles. The monoisotopic (exact) mass is 823 g/mol. The van der Waals surface area contributed by atoms with Gasteiger partial charge in [0.15, 0.2) is 0 Å². The van der Waals surface area contributed by atoms with Gasteiger partial charge in [0.25, 0.3) is 6.71 Å². The van der Waals surface area contributed by atoms with Crippen molar-refractivity contribution in [3.63, 3.8) is 0 Å². The number of furan rings is 1. The second-order valence-corrected chi connectivity index (χ2v) is 24.9. The Kier molecular flexibility index (Phi) is 8.77. The maximum Gasteiger partial charge on any atom is 0.292 e. The van der Waals surface area contributed by atoms with E-state index in [0.717, 1.165) is 17.7 Å². The summed E-state index contributed by atoms with van der Waals surface area (Å²) in [6.07, 6.45) is 8.22. The van der Waals surface area contributed by atoms with Crippen LogP contribution in [0.3, 0.4) is 0 Å². The van der Waals surface area contributed by atoms with Crippen molar-refractivity contribution in [1.29, 1.82) is 0 Å². The van der Waals surface area contributed by atoms with Crippen molar-refractivity contribution in [2.24, 2.45) is 0 Å². The molecule has 0 N–H and O–H groups in total. The van der Waals surface area contributed by atoms with Crippen LogP contribution in [0, 0.1) is 6.92 Å². The third-order valence-corrected chi connectivity index (χ3v) is 16.4. The molecule has 3 heterocycles. The SMILES string of the molecule is CC1=CC2=C3B(c4cc(C(C)(C)C)ccc4N2c2ccc(C(C)(C)C)cc2C)c2oc4cc5c(cc4c2N(c2ccc4c(c2)C(C)(C)CCC4(C)C)C3C1)C(C)(C)CCC5(C)C. The van der Waals surface area contributed by atoms with Gasteiger partial charge in [-0.2, -0.15) is 0 Å². The quantitative estimate of drug-likeness (QED) is 0.165. The van der Waals surface area contributed by atoms with Crippen molar-refractivity contribution >= 4 is 51.6 Å². The molecule has 4 heteroatoms. The van der Waals surface area contributed by atoms with Gasteiger partial charge >= 0.3 is 0 Å². The highest BCUT2D eigenvalue weighted by atomic mass is 16.3. The van der Waals surface area contributed by atoms with E-state index in [1.54, 1.807) is 0 Å². The van der Waals surface area contributed by atoms with Crippen molar-refractivity contribution in [3.05, 3.63) is 128 Å². The van der Waals surface area contributed by atoms with E-state index in [0.29, 0.717) is 0 Å². The molecular formula is C58H71BN2O. The summed E-state index contributed by atoms with van der Waals surface area (Å²) in [7, 11) is 0. The molecule has 0 radical (unpaired) electrons. The molecule has 3 aliphatic carbocycles. The van der Waals surface area contributed by atoms with Crippen molar-refractivity contribution < 1.29 is 4.42 Å². The predicted octanol–water partition coefficient (Wildman–Crippen LogP) is 14.5. The summed E-state index contributed by atoms with van der Waals surface area (Å²) in [6.45, 7) is 38.3. The molecule has 0 bridgehead atoms. The lowest BCUT2D eigenvalue weighted by molar-refractivity contribution is 0.332. The van der Waals surface area contributed by atoms with Gasteiger partial charge in [-0.1, -0.05) is 133 Å². The number of anilines is 4. The van der Waals surface area contributed by atoms with E-state index >= 15 is 0 Å². The molecule has 322 valence electrons. The van der Waals surface area contributed by atoms with E-state index in [9.17, 15) is 0 Å². The fourth-order valence-corrected chi connectivity index (χ4v) is 12.2. The maximum atomic E-state index is 7.60. The molecule has 1 aromatic heterocycles. The largest absolute Gasteiger partial charge is 0.468 e. The van der Waals surface area contributed by atoms with Gasteiger partial charge in [0.2, 0.25) is 0 Å². The number of nitrogens with zero attached hydrogens (tertiary/aromatic N) is 2. The first-order chi connectivity index (χ1) is 28.8. The van der Waals surface area contributed by atoms with E-state index in [-0.39, 0.29) is 45.2 Å². The van der Waals surface area contributed by atoms with Crippen LogP contribution in [-0.2, 0) is 32.5 Å². The highest BCUT2D eigenvalue weighted by Crippen LogP contribution is 2.54. The van der Waals surface area contributed by atoms with Crippen molar-refractivity contribution in [2.75, 3.05) is 9.80 Å². The van der Waals surface area contributed by atoms with E-state index < -0.39 is 0 Å². The molecule has 0 saturated carbocycles. The van der Waals surface area contributed by atoms with Gasteiger partial charge in [0.1, 0.15) is 5.58 Å². The Labute approximate surface area is 374 Å². The lowest BCUT2D eigenvalue weighted by Crippen LogP contribution is -2.61. The Morgan fingerprint density at radius 1 is 0.613 bits per heavy atom. The van der Waals surface area contributed by atoms with Crippen LogP contribution in [0.15, 0.2) is 94.0 Å². The van der Waals surface area contributed by atoms with Gasteiger partial charge in [-0.3, -0.25) is 0 Å². The summed E-state index contributed by atoms with van der Waals surface area (Å²) in [5, 5.41) is 1.26. The molecule has 2 aliphatic heterocycles. The zero-order chi connectivity index (χ0) is 44.4. The fourth-order valence-electron chi connectivity index (χ4n) is 12.2. The molecule has 5 aromatic rings. The first-order valence-electron chi connectivity index (χ1n) is 23.8. The number of fused-ring (bicyclic) bond motifs is 8. The highest BCUT2D eigenvalue weighted by Gasteiger charge is 2.52. The van der Waals surface area contributed by atoms with Crippen molar-refractivity contribution in [1.82, 2.24) is 0 Å². The molecule has 1 atom stereocenters. The third-order valence-electron chi connectivity index (χ3n) is 16.4. The summed E-state index contributed by atoms with van der Waals surface area (Å²) >= 11 is 0. The molecule has 5 aliphatic rings. The second-order valence-electron chi connectivity index (χ2n) is 24.9. The van der Waals surface area contributed by atoms with Gasteiger partial charge in [0.05, 0.1) is 17.4 Å². The number of benzene rings is 4. The minimum absolute atomic E-state index is 0.0153. The van der Waals surface area contributed by atoms with E-state index in [1.165, 1.54) is 115 Å². The molecule has 0 saturated heterocycles. The number of hydrogen-bond acceptors (Lipinski definition) is 3. The van der Waals surface area contributed by atoms with Crippen LogP contribution in [0.1, 0.15) is 175 Å². The van der Waals surface area contributed by atoms with Crippen LogP contribution in [0.5, 0.6) is 0 Å². The molecule has 62 heavy (non-hydrogen) atoms. The Morgan fingerprint density at radius 3 is 1.76 bits per heavy atom. The fraction of sp³-hybridized carbons (Fsp3) is 0.483. The zero-order valence-corrected chi connectivity index (χ0v) is 40.9. The van der Waals surface area contributed by atoms with Gasteiger partial charge in [0, 0.05) is 28.1 Å². The lowest BCUT2D eigenvalue weighted by Gasteiger charge is -2.50. The van der Waals surface area contributed by atoms with E-state index in [1.807, 2.05) is 0 Å². The van der Waals surface area contributed by atoms with Crippen LogP contribution in [-0.4, -0.2) is 12.8 Å². The highest BCUT2D eigenvalue weighted by molar-refractivity contribution is 6.93. The number of allylic oxidation sites excluding steroid dienone is 1. The average Bonchev–Trinajstić information content (AvgIpc) is 3.55. The first-order valence-corrected chi connectivity index (χ1v) is 23.8. The Morgan fingerprint density at radius 2 is 1.16 bits per heavy atom. The van der Waals surface area contributed by atoms with Gasteiger partial charge in [-0.15, -0.1) is 0 Å². The molecule has 1 unspecified atom stereocenters. The van der Waals surface area contributed by atoms with Crippen LogP contribution in [0.2, 0.25) is 0 Å². The summed E-state index contributed by atoms with van der Waals surface area (Å²) < 4.78 is 7.60. The number of hydrogen-bond donors (Lipinski definition) is 0. The Bertz CT molecular complexity index is 2790. The lowest BCUT2D eigenvalue weighted by atomic mass is 9.33. The second kappa shape index (κ2) is 13.1. The van der Waals surface area contributed by atoms with Gasteiger partial charge in [-0.05, 0) is 171 Å². The predicted molar refractivity (Wildman–Crippen MR) is 267 cm³/mol. The first kappa shape index (κ1) is 41.6. The topological polar surface area (TPSA) is 19.6 Å². The van der Waals surface area contributed by atoms with Crippen LogP contribution in [0.25, 0.3) is 11.0 Å². The zero-order valence-electron chi connectivity index (χ0n) is 40.9. The standard InChI is InChI=1S/C58H71BN2O/c1-34-27-47-50-48(28-34)61(45-21-17-36(29-35(45)2)53(3,4)5)46-22-18-37(54(6,7)8)30-44(46)59(50)52-51(39-32-42-43(33-49(39)62-52)58(15,16)26-25-57(42,13)14)60(47)38-19-20-40-41(31-38)56(11,12)24-23-55(40,9)10/h17-22,28-33,47H,23-27H2,1-16H3. The van der Waals surface area contributed by atoms with Gasteiger partial charge in [-0.25, -0.2) is 0 Å². The molecule has 0 fully saturated rings. The minimum atomic E-state index is -0.0215. The Hall–Kier alpha value is -4.44. The number of rotatable bonds is 2. The number of aryl methyl sites for hydroxylation is 1. The van der Waals surface area contributed by atoms with Crippen LogP contribution >= 0.6 is 0 Å². The van der Waals surface area contributed by atoms with Gasteiger partial charge < -0.3 is 14.2 Å². The smallest absolute Gasteiger partial charge is 0.292 e. The summed E-state index contributed by atoms with van der Waals surface area (Å²) in [5.41, 5.74) is 23.1. The molecule has 0 spiro atoms. The summed E-state index contributed by atoms with van der Waals surface area (Å²) in [6, 6.07) is 27.3. The normalized spacial score (nSPS) is 21.8. The molecular weight excluding hydrogens is 751 g/mol. The van der Waals surface area contributed by atoms with E-state index in [4.69, 9.17) is 4.42 Å². The van der Waals surface area contributed by atoms with Crippen LogP contribution < -0.4 is 20.9 Å². The summed E-state index contributed by atoms with van der Waals surface area (Å²) in [4.78, 5) is 5.39. The van der Waals surface area contributed by atoms with Crippen LogP contribution in [0.4, 0.5) is 22.7 Å². The molecule has 10 rings (SSSR count). The maximum absolute atomic E-state index is 7.60. The van der Waals surface area contributed by atoms with Crippen molar-refractivity contribution in [2.45, 2.75) is 181 Å². The average molecular weight is 823 g/mol. The molecule has 3 nitrogen and oxygen atoms in total.